The lowest BCUT2D eigenvalue weighted by Crippen LogP contribution is -2.41. The molecule has 0 saturated carbocycles. The molecule has 1 aromatic rings. The molecule has 0 spiro atoms. The average molecular weight is 369 g/mol. The molecule has 4 amide bonds. The van der Waals surface area contributed by atoms with Crippen LogP contribution in [-0.4, -0.2) is 41.9 Å². The van der Waals surface area contributed by atoms with E-state index in [4.69, 9.17) is 0 Å². The number of amides is 4. The molecule has 1 aliphatic carbocycles. The Bertz CT molecular complexity index is 715. The third-order valence-electron chi connectivity index (χ3n) is 5.13. The average Bonchev–Trinajstić information content (AvgIpc) is 2.95. The Morgan fingerprint density at radius 2 is 1.96 bits per heavy atom. The summed E-state index contributed by atoms with van der Waals surface area (Å²) in [5.41, 5.74) is 2.50. The monoisotopic (exact) mass is 369 g/mol. The molecular formula is C21H27N3O3. The minimum absolute atomic E-state index is 0.217. The van der Waals surface area contributed by atoms with Crippen molar-refractivity contribution < 1.29 is 14.4 Å². The maximum atomic E-state index is 12.4. The van der Waals surface area contributed by atoms with Crippen LogP contribution in [0.3, 0.4) is 0 Å². The van der Waals surface area contributed by atoms with Crippen LogP contribution in [0.4, 0.5) is 4.79 Å². The number of hydrogen-bond acceptors (Lipinski definition) is 3. The first-order valence-corrected chi connectivity index (χ1v) is 9.74. The van der Waals surface area contributed by atoms with Gasteiger partial charge >= 0.3 is 6.03 Å². The molecule has 1 heterocycles. The number of allylic oxidation sites excluding steroid dienone is 1. The fourth-order valence-electron chi connectivity index (χ4n) is 3.57. The van der Waals surface area contributed by atoms with Crippen molar-refractivity contribution in [2.45, 2.75) is 51.0 Å². The second kappa shape index (κ2) is 9.35. The number of rotatable bonds is 8. The van der Waals surface area contributed by atoms with E-state index in [-0.39, 0.29) is 18.4 Å². The summed E-state index contributed by atoms with van der Waals surface area (Å²) in [6.07, 6.45) is 9.01. The van der Waals surface area contributed by atoms with Crippen molar-refractivity contribution in [3.05, 3.63) is 47.5 Å². The van der Waals surface area contributed by atoms with Crippen LogP contribution in [0.1, 0.15) is 44.1 Å². The molecule has 6 nitrogen and oxygen atoms in total. The molecule has 27 heavy (non-hydrogen) atoms. The topological polar surface area (TPSA) is 78.5 Å². The Morgan fingerprint density at radius 3 is 2.70 bits per heavy atom. The zero-order valence-corrected chi connectivity index (χ0v) is 15.6. The SMILES string of the molecule is O=C(CN1C(=O)NC(CCc2ccccc2)C1=O)NCCC1=CCCCC1. The zero-order chi connectivity index (χ0) is 19.1. The summed E-state index contributed by atoms with van der Waals surface area (Å²) in [6, 6.07) is 8.79. The molecular weight excluding hydrogens is 342 g/mol. The number of carbonyl (C=O) groups is 3. The minimum atomic E-state index is -0.557. The summed E-state index contributed by atoms with van der Waals surface area (Å²) in [6.45, 7) is 0.331. The Labute approximate surface area is 160 Å². The maximum Gasteiger partial charge on any atom is 0.325 e. The molecule has 6 heteroatoms. The highest BCUT2D eigenvalue weighted by molar-refractivity contribution is 6.06. The predicted octanol–water partition coefficient (Wildman–Crippen LogP) is 2.55. The molecule has 2 aliphatic rings. The molecule has 3 rings (SSSR count). The number of aryl methyl sites for hydroxylation is 1. The third-order valence-corrected chi connectivity index (χ3v) is 5.13. The number of hydrogen-bond donors (Lipinski definition) is 2. The number of carbonyl (C=O) groups excluding carboxylic acids is 3. The predicted molar refractivity (Wildman–Crippen MR) is 103 cm³/mol. The quantitative estimate of drug-likeness (QED) is 0.546. The lowest BCUT2D eigenvalue weighted by atomic mass is 9.97. The van der Waals surface area contributed by atoms with Gasteiger partial charge in [-0.05, 0) is 50.5 Å². The van der Waals surface area contributed by atoms with E-state index < -0.39 is 12.1 Å². The van der Waals surface area contributed by atoms with Crippen LogP contribution in [0.15, 0.2) is 42.0 Å². The lowest BCUT2D eigenvalue weighted by Gasteiger charge is -2.15. The summed E-state index contributed by atoms with van der Waals surface area (Å²) in [7, 11) is 0. The number of benzene rings is 1. The van der Waals surface area contributed by atoms with Crippen molar-refractivity contribution in [2.75, 3.05) is 13.1 Å². The maximum absolute atomic E-state index is 12.4. The standard InChI is InChI=1S/C21H27N3O3/c25-19(22-14-13-17-9-5-2-6-10-17)15-24-20(26)18(23-21(24)27)12-11-16-7-3-1-4-8-16/h1,3-4,7-9,18H,2,5-6,10-15H2,(H,22,25)(H,23,27). The van der Waals surface area contributed by atoms with Crippen LogP contribution in [0, 0.1) is 0 Å². The van der Waals surface area contributed by atoms with Crippen molar-refractivity contribution in [1.29, 1.82) is 0 Å². The number of urea groups is 1. The van der Waals surface area contributed by atoms with Gasteiger partial charge in [-0.3, -0.25) is 14.5 Å². The van der Waals surface area contributed by atoms with Gasteiger partial charge in [0.05, 0.1) is 0 Å². The van der Waals surface area contributed by atoms with Gasteiger partial charge < -0.3 is 10.6 Å². The molecule has 0 aromatic heterocycles. The first kappa shape index (κ1) is 19.1. The second-order valence-corrected chi connectivity index (χ2v) is 7.16. The van der Waals surface area contributed by atoms with Crippen molar-refractivity contribution >= 4 is 17.8 Å². The third kappa shape index (κ3) is 5.42. The molecule has 1 aromatic carbocycles. The summed E-state index contributed by atoms with van der Waals surface area (Å²) in [5, 5.41) is 5.50. The molecule has 1 aliphatic heterocycles. The van der Waals surface area contributed by atoms with Crippen LogP contribution >= 0.6 is 0 Å². The van der Waals surface area contributed by atoms with Gasteiger partial charge in [0, 0.05) is 6.54 Å². The molecule has 1 fully saturated rings. The highest BCUT2D eigenvalue weighted by atomic mass is 16.2. The van der Waals surface area contributed by atoms with E-state index in [0.29, 0.717) is 19.4 Å². The smallest absolute Gasteiger partial charge is 0.325 e. The summed E-state index contributed by atoms with van der Waals surface area (Å²) in [5.74, 6) is -0.611. The highest BCUT2D eigenvalue weighted by Gasteiger charge is 2.38. The largest absolute Gasteiger partial charge is 0.354 e. The Hall–Kier alpha value is -2.63. The summed E-state index contributed by atoms with van der Waals surface area (Å²) >= 11 is 0. The normalized spacial score (nSPS) is 19.6. The van der Waals surface area contributed by atoms with Gasteiger partial charge in [-0.15, -0.1) is 0 Å². The van der Waals surface area contributed by atoms with Gasteiger partial charge in [0.25, 0.3) is 5.91 Å². The molecule has 1 saturated heterocycles. The van der Waals surface area contributed by atoms with Crippen LogP contribution in [0.5, 0.6) is 0 Å². The van der Waals surface area contributed by atoms with E-state index in [0.717, 1.165) is 29.7 Å². The molecule has 144 valence electrons. The van der Waals surface area contributed by atoms with Crippen LogP contribution < -0.4 is 10.6 Å². The van der Waals surface area contributed by atoms with Gasteiger partial charge in [-0.25, -0.2) is 4.79 Å². The number of imide groups is 1. The van der Waals surface area contributed by atoms with Gasteiger partial charge in [-0.2, -0.15) is 0 Å². The first-order valence-electron chi connectivity index (χ1n) is 9.74. The highest BCUT2D eigenvalue weighted by Crippen LogP contribution is 2.19. The van der Waals surface area contributed by atoms with Gasteiger partial charge in [0.2, 0.25) is 5.91 Å². The molecule has 2 N–H and O–H groups in total. The first-order chi connectivity index (χ1) is 13.1. The summed E-state index contributed by atoms with van der Waals surface area (Å²) in [4.78, 5) is 37.6. The van der Waals surface area contributed by atoms with E-state index in [2.05, 4.69) is 16.7 Å². The van der Waals surface area contributed by atoms with E-state index in [1.165, 1.54) is 18.4 Å². The Morgan fingerprint density at radius 1 is 1.15 bits per heavy atom. The molecule has 1 unspecified atom stereocenters. The molecule has 0 radical (unpaired) electrons. The van der Waals surface area contributed by atoms with Crippen LogP contribution in [0.2, 0.25) is 0 Å². The van der Waals surface area contributed by atoms with Crippen molar-refractivity contribution in [2.24, 2.45) is 0 Å². The van der Waals surface area contributed by atoms with E-state index in [1.54, 1.807) is 0 Å². The summed E-state index contributed by atoms with van der Waals surface area (Å²) < 4.78 is 0. The van der Waals surface area contributed by atoms with Crippen molar-refractivity contribution in [1.82, 2.24) is 15.5 Å². The van der Waals surface area contributed by atoms with E-state index in [9.17, 15) is 14.4 Å². The van der Waals surface area contributed by atoms with Gasteiger partial charge in [-0.1, -0.05) is 42.0 Å². The minimum Gasteiger partial charge on any atom is -0.354 e. The lowest BCUT2D eigenvalue weighted by molar-refractivity contribution is -0.132. The Kier molecular flexibility index (Phi) is 6.63. The Balaban J connectivity index is 1.42. The van der Waals surface area contributed by atoms with Gasteiger partial charge in [0.15, 0.2) is 0 Å². The van der Waals surface area contributed by atoms with E-state index >= 15 is 0 Å². The number of nitrogens with one attached hydrogen (secondary N) is 2. The van der Waals surface area contributed by atoms with E-state index in [1.807, 2.05) is 30.3 Å². The molecule has 1 atom stereocenters. The molecule has 0 bridgehead atoms. The fraction of sp³-hybridized carbons (Fsp3) is 0.476. The fourth-order valence-corrected chi connectivity index (χ4v) is 3.57. The second-order valence-electron chi connectivity index (χ2n) is 7.16. The van der Waals surface area contributed by atoms with Crippen LogP contribution in [-0.2, 0) is 16.0 Å². The van der Waals surface area contributed by atoms with Crippen molar-refractivity contribution in [3.63, 3.8) is 0 Å². The number of nitrogens with zero attached hydrogens (tertiary/aromatic N) is 1. The van der Waals surface area contributed by atoms with Crippen LogP contribution in [0.25, 0.3) is 0 Å². The zero-order valence-electron chi connectivity index (χ0n) is 15.6. The van der Waals surface area contributed by atoms with Gasteiger partial charge in [0.1, 0.15) is 12.6 Å². The van der Waals surface area contributed by atoms with Crippen molar-refractivity contribution in [3.8, 4) is 0 Å².